The molecule has 80 valence electrons. The number of rotatable bonds is 1. The molecule has 0 aliphatic carbocycles. The normalized spacial score (nSPS) is 11.0. The zero-order valence-corrected chi connectivity index (χ0v) is 10.3. The van der Waals surface area contributed by atoms with Gasteiger partial charge in [-0.25, -0.2) is 4.79 Å². The minimum absolute atomic E-state index is 0.361. The first kappa shape index (κ1) is 9.88. The smallest absolute Gasteiger partial charge is 0.321 e. The van der Waals surface area contributed by atoms with Crippen LogP contribution in [0.4, 0.5) is 0 Å². The lowest BCUT2D eigenvalue weighted by atomic mass is 10.3. The number of nitrogens with one attached hydrogen (secondary N) is 2. The molecule has 0 aliphatic rings. The van der Waals surface area contributed by atoms with Gasteiger partial charge in [-0.15, -0.1) is 22.7 Å². The summed E-state index contributed by atoms with van der Waals surface area (Å²) in [5.41, 5.74) is 0.990. The first-order valence-corrected chi connectivity index (χ1v) is 6.51. The fraction of sp³-hybridized carbons (Fsp3) is 0. The molecule has 3 heterocycles. The van der Waals surface area contributed by atoms with Crippen LogP contribution in [-0.2, 0) is 0 Å². The summed E-state index contributed by atoms with van der Waals surface area (Å²) in [6.45, 7) is 0. The van der Waals surface area contributed by atoms with Crippen molar-refractivity contribution in [3.63, 3.8) is 0 Å². The molecular weight excluding hydrogens is 262 g/mol. The number of hydrogen-bond donors (Lipinski definition) is 2. The molecule has 0 radical (unpaired) electrons. The molecule has 3 aromatic rings. The number of thiophene rings is 1. The molecule has 3 aromatic heterocycles. The number of fused-ring (bicyclic) bond motifs is 1. The predicted octanol–water partition coefficient (Wildman–Crippen LogP) is 2.77. The van der Waals surface area contributed by atoms with Gasteiger partial charge in [0.15, 0.2) is 9.60 Å². The topological polar surface area (TPSA) is 61.5 Å². The van der Waals surface area contributed by atoms with E-state index in [9.17, 15) is 4.79 Å². The molecule has 3 rings (SSSR count). The zero-order valence-electron chi connectivity index (χ0n) is 7.81. The second kappa shape index (κ2) is 3.62. The van der Waals surface area contributed by atoms with Crippen LogP contribution in [-0.4, -0.2) is 15.0 Å². The monoisotopic (exact) mass is 267 g/mol. The third-order valence-corrected chi connectivity index (χ3v) is 4.20. The van der Waals surface area contributed by atoms with Gasteiger partial charge in [-0.3, -0.25) is 0 Å². The molecule has 0 amide bonds. The molecule has 16 heavy (non-hydrogen) atoms. The Bertz CT molecular complexity index is 750. The van der Waals surface area contributed by atoms with Gasteiger partial charge in [0.1, 0.15) is 0 Å². The van der Waals surface area contributed by atoms with Crippen LogP contribution in [0, 0.1) is 3.95 Å². The highest BCUT2D eigenvalue weighted by molar-refractivity contribution is 7.73. The van der Waals surface area contributed by atoms with Crippen LogP contribution in [0.1, 0.15) is 0 Å². The van der Waals surface area contributed by atoms with E-state index in [-0.39, 0.29) is 5.69 Å². The molecule has 0 aliphatic heterocycles. The maximum absolute atomic E-state index is 11.4. The molecule has 0 bridgehead atoms. The maximum Gasteiger partial charge on any atom is 0.347 e. The van der Waals surface area contributed by atoms with Crippen LogP contribution in [0.5, 0.6) is 0 Å². The Labute approximate surface area is 103 Å². The van der Waals surface area contributed by atoms with Crippen molar-refractivity contribution in [3.8, 4) is 10.6 Å². The van der Waals surface area contributed by atoms with Gasteiger partial charge in [0.2, 0.25) is 0 Å². The summed E-state index contributed by atoms with van der Waals surface area (Å²) in [7, 11) is 0. The number of hydrogen-bond acceptors (Lipinski definition) is 5. The van der Waals surface area contributed by atoms with Gasteiger partial charge in [-0.2, -0.15) is 4.98 Å². The van der Waals surface area contributed by atoms with E-state index in [1.54, 1.807) is 11.3 Å². The molecular formula is C9H5N3OS3. The lowest BCUT2D eigenvalue weighted by Crippen LogP contribution is -2.10. The van der Waals surface area contributed by atoms with Gasteiger partial charge in [0.05, 0.1) is 15.3 Å². The van der Waals surface area contributed by atoms with Crippen molar-refractivity contribution in [1.29, 1.82) is 0 Å². The van der Waals surface area contributed by atoms with E-state index in [4.69, 9.17) is 12.2 Å². The highest BCUT2D eigenvalue weighted by Crippen LogP contribution is 2.30. The lowest BCUT2D eigenvalue weighted by molar-refractivity contribution is 1.11. The molecule has 0 unspecified atom stereocenters. The van der Waals surface area contributed by atoms with Crippen molar-refractivity contribution in [2.75, 3.05) is 0 Å². The summed E-state index contributed by atoms with van der Waals surface area (Å²) in [4.78, 5) is 21.9. The van der Waals surface area contributed by atoms with Crippen LogP contribution in [0.2, 0.25) is 0 Å². The second-order valence-corrected chi connectivity index (χ2v) is 5.72. The summed E-state index contributed by atoms with van der Waals surface area (Å²) in [6.07, 6.45) is 0. The van der Waals surface area contributed by atoms with Gasteiger partial charge >= 0.3 is 5.69 Å². The Morgan fingerprint density at radius 2 is 2.25 bits per heavy atom. The first-order chi connectivity index (χ1) is 7.74. The summed E-state index contributed by atoms with van der Waals surface area (Å²) in [5, 5.41) is 1.96. The fourth-order valence-electron chi connectivity index (χ4n) is 1.46. The average Bonchev–Trinajstić information content (AvgIpc) is 2.83. The zero-order chi connectivity index (χ0) is 11.1. The van der Waals surface area contributed by atoms with Crippen LogP contribution in [0.3, 0.4) is 0 Å². The summed E-state index contributed by atoms with van der Waals surface area (Å²) in [5.74, 6) is 0. The van der Waals surface area contributed by atoms with E-state index in [1.165, 1.54) is 11.3 Å². The van der Waals surface area contributed by atoms with Gasteiger partial charge < -0.3 is 9.97 Å². The molecule has 0 aromatic carbocycles. The van der Waals surface area contributed by atoms with Crippen molar-refractivity contribution in [2.24, 2.45) is 0 Å². The van der Waals surface area contributed by atoms with E-state index in [1.807, 2.05) is 17.5 Å². The van der Waals surface area contributed by atoms with Crippen LogP contribution >= 0.6 is 34.9 Å². The van der Waals surface area contributed by atoms with E-state index >= 15 is 0 Å². The number of thiazole rings is 1. The second-order valence-electron chi connectivity index (χ2n) is 3.09. The summed E-state index contributed by atoms with van der Waals surface area (Å²) in [6, 6.07) is 3.90. The van der Waals surface area contributed by atoms with Crippen molar-refractivity contribution in [1.82, 2.24) is 15.0 Å². The van der Waals surface area contributed by atoms with Crippen molar-refractivity contribution < 1.29 is 0 Å². The minimum Gasteiger partial charge on any atom is -0.321 e. The Morgan fingerprint density at radius 1 is 1.38 bits per heavy atom. The van der Waals surface area contributed by atoms with E-state index in [0.29, 0.717) is 9.60 Å². The Kier molecular flexibility index (Phi) is 2.23. The molecule has 0 saturated heterocycles. The molecule has 0 atom stereocenters. The minimum atomic E-state index is -0.361. The third-order valence-electron chi connectivity index (χ3n) is 2.07. The lowest BCUT2D eigenvalue weighted by Gasteiger charge is -1.97. The number of aromatic nitrogens is 3. The highest BCUT2D eigenvalue weighted by Gasteiger charge is 2.10. The standard InChI is InChI=1S/C9H5N3OS3/c13-8-10-5(4-2-1-3-15-4)6-7(11-8)12-9(14)16-6/h1-3H,(H2,10,11,12,13,14). The molecule has 0 spiro atoms. The van der Waals surface area contributed by atoms with Crippen LogP contribution in [0.25, 0.3) is 20.9 Å². The van der Waals surface area contributed by atoms with E-state index in [2.05, 4.69) is 15.0 Å². The van der Waals surface area contributed by atoms with Gasteiger partial charge in [-0.1, -0.05) is 6.07 Å². The Morgan fingerprint density at radius 3 is 3.00 bits per heavy atom. The summed E-state index contributed by atoms with van der Waals surface area (Å²) < 4.78 is 1.52. The number of aromatic amines is 2. The molecule has 0 saturated carbocycles. The van der Waals surface area contributed by atoms with Gasteiger partial charge in [-0.05, 0) is 23.7 Å². The van der Waals surface area contributed by atoms with Crippen LogP contribution < -0.4 is 5.69 Å². The van der Waals surface area contributed by atoms with Crippen molar-refractivity contribution >= 4 is 45.2 Å². The largest absolute Gasteiger partial charge is 0.347 e. The Balaban J connectivity index is 2.47. The maximum atomic E-state index is 11.4. The average molecular weight is 267 g/mol. The first-order valence-electron chi connectivity index (χ1n) is 4.41. The molecule has 4 nitrogen and oxygen atoms in total. The molecule has 2 N–H and O–H groups in total. The highest BCUT2D eigenvalue weighted by atomic mass is 32.1. The SMILES string of the molecule is O=c1nc2[nH]c(=S)sc2c(-c2cccs2)[nH]1. The van der Waals surface area contributed by atoms with E-state index in [0.717, 1.165) is 15.3 Å². The number of H-pyrrole nitrogens is 2. The quantitative estimate of drug-likeness (QED) is 0.666. The summed E-state index contributed by atoms with van der Waals surface area (Å²) >= 11 is 8.04. The number of nitrogens with zero attached hydrogens (tertiary/aromatic N) is 1. The van der Waals surface area contributed by atoms with Gasteiger partial charge in [0, 0.05) is 0 Å². The third kappa shape index (κ3) is 1.53. The predicted molar refractivity (Wildman–Crippen MR) is 68.7 cm³/mol. The fourth-order valence-corrected chi connectivity index (χ4v) is 3.39. The van der Waals surface area contributed by atoms with Gasteiger partial charge in [0.25, 0.3) is 0 Å². The van der Waals surface area contributed by atoms with Crippen molar-refractivity contribution in [2.45, 2.75) is 0 Å². The van der Waals surface area contributed by atoms with Crippen LogP contribution in [0.15, 0.2) is 22.3 Å². The Hall–Kier alpha value is -1.31. The van der Waals surface area contributed by atoms with Crippen molar-refractivity contribution in [3.05, 3.63) is 32.0 Å². The van der Waals surface area contributed by atoms with E-state index < -0.39 is 0 Å². The molecule has 0 fully saturated rings. The molecule has 7 heteroatoms.